The normalized spacial score (nSPS) is 10.5. The zero-order chi connectivity index (χ0) is 11.3. The Labute approximate surface area is 97.0 Å². The van der Waals surface area contributed by atoms with Crippen molar-refractivity contribution in [2.45, 2.75) is 6.92 Å². The Balaban J connectivity index is 2.76. The number of halogens is 1. The average Bonchev–Trinajstić information content (AvgIpc) is 2.17. The van der Waals surface area contributed by atoms with Crippen molar-refractivity contribution in [1.82, 2.24) is 0 Å². The van der Waals surface area contributed by atoms with Crippen LogP contribution in [-0.2, 0) is 9.53 Å². The number of anilines is 1. The minimum atomic E-state index is -0.361. The summed E-state index contributed by atoms with van der Waals surface area (Å²) in [4.78, 5) is 11.0. The second-order valence-electron chi connectivity index (χ2n) is 2.86. The van der Waals surface area contributed by atoms with Crippen LogP contribution in [0.3, 0.4) is 0 Å². The second-order valence-corrected chi connectivity index (χ2v) is 3.77. The molecule has 0 heterocycles. The molecule has 0 aliphatic rings. The van der Waals surface area contributed by atoms with Crippen LogP contribution >= 0.6 is 15.9 Å². The molecule has 0 fully saturated rings. The molecule has 0 spiro atoms. The number of hydrogen-bond acceptors (Lipinski definition) is 3. The monoisotopic (exact) mass is 269 g/mol. The van der Waals surface area contributed by atoms with Gasteiger partial charge in [-0.2, -0.15) is 0 Å². The molecule has 1 aromatic carbocycles. The van der Waals surface area contributed by atoms with E-state index in [1.54, 1.807) is 19.1 Å². The van der Waals surface area contributed by atoms with E-state index < -0.39 is 0 Å². The SMILES string of the molecule is CCOC(=O)C=Cc1ccc(Br)cc1N. The predicted molar refractivity (Wildman–Crippen MR) is 64.2 cm³/mol. The molecule has 0 aliphatic carbocycles. The number of carbonyl (C=O) groups excluding carboxylic acids is 1. The Hall–Kier alpha value is -1.29. The zero-order valence-corrected chi connectivity index (χ0v) is 9.95. The van der Waals surface area contributed by atoms with Gasteiger partial charge in [0.15, 0.2) is 0 Å². The summed E-state index contributed by atoms with van der Waals surface area (Å²) in [6, 6.07) is 5.47. The summed E-state index contributed by atoms with van der Waals surface area (Å²) >= 11 is 3.31. The third-order valence-corrected chi connectivity index (χ3v) is 2.23. The van der Waals surface area contributed by atoms with Gasteiger partial charge in [-0.25, -0.2) is 4.79 Å². The molecule has 15 heavy (non-hydrogen) atoms. The van der Waals surface area contributed by atoms with Crippen molar-refractivity contribution >= 4 is 33.7 Å². The van der Waals surface area contributed by atoms with E-state index in [9.17, 15) is 4.79 Å². The number of rotatable bonds is 3. The second kappa shape index (κ2) is 5.56. The van der Waals surface area contributed by atoms with Gasteiger partial charge in [-0.1, -0.05) is 22.0 Å². The first-order valence-electron chi connectivity index (χ1n) is 4.53. The van der Waals surface area contributed by atoms with Crippen LogP contribution in [0.2, 0.25) is 0 Å². The van der Waals surface area contributed by atoms with E-state index in [1.165, 1.54) is 6.08 Å². The van der Waals surface area contributed by atoms with E-state index in [0.29, 0.717) is 12.3 Å². The van der Waals surface area contributed by atoms with Crippen molar-refractivity contribution in [3.05, 3.63) is 34.3 Å². The molecule has 1 rings (SSSR count). The van der Waals surface area contributed by atoms with Gasteiger partial charge in [0.25, 0.3) is 0 Å². The van der Waals surface area contributed by atoms with Gasteiger partial charge in [0.2, 0.25) is 0 Å². The number of nitrogen functional groups attached to an aromatic ring is 1. The fourth-order valence-corrected chi connectivity index (χ4v) is 1.42. The molecule has 1 aromatic rings. The van der Waals surface area contributed by atoms with Gasteiger partial charge in [0.05, 0.1) is 6.61 Å². The number of nitrogens with two attached hydrogens (primary N) is 1. The molecule has 0 saturated carbocycles. The van der Waals surface area contributed by atoms with E-state index in [2.05, 4.69) is 15.9 Å². The largest absolute Gasteiger partial charge is 0.463 e. The van der Waals surface area contributed by atoms with Crippen LogP contribution in [0.5, 0.6) is 0 Å². The first-order valence-corrected chi connectivity index (χ1v) is 5.32. The van der Waals surface area contributed by atoms with Crippen LogP contribution in [0, 0.1) is 0 Å². The number of benzene rings is 1. The van der Waals surface area contributed by atoms with Crippen molar-refractivity contribution in [3.63, 3.8) is 0 Å². The predicted octanol–water partition coefficient (Wildman–Crippen LogP) is 2.61. The summed E-state index contributed by atoms with van der Waals surface area (Å²) in [6.07, 6.45) is 3.00. The fourth-order valence-electron chi connectivity index (χ4n) is 1.05. The van der Waals surface area contributed by atoms with Crippen LogP contribution in [0.15, 0.2) is 28.7 Å². The van der Waals surface area contributed by atoms with Gasteiger partial charge in [-0.15, -0.1) is 0 Å². The Morgan fingerprint density at radius 1 is 1.60 bits per heavy atom. The van der Waals surface area contributed by atoms with Crippen molar-refractivity contribution in [2.75, 3.05) is 12.3 Å². The van der Waals surface area contributed by atoms with Crippen molar-refractivity contribution < 1.29 is 9.53 Å². The highest BCUT2D eigenvalue weighted by Crippen LogP contribution is 2.19. The minimum Gasteiger partial charge on any atom is -0.463 e. The molecule has 0 radical (unpaired) electrons. The van der Waals surface area contributed by atoms with E-state index >= 15 is 0 Å². The van der Waals surface area contributed by atoms with Gasteiger partial charge in [-0.3, -0.25) is 0 Å². The first-order chi connectivity index (χ1) is 7.13. The molecular weight excluding hydrogens is 258 g/mol. The zero-order valence-electron chi connectivity index (χ0n) is 8.37. The molecule has 0 bridgehead atoms. The van der Waals surface area contributed by atoms with Crippen molar-refractivity contribution in [3.8, 4) is 0 Å². The van der Waals surface area contributed by atoms with E-state index in [0.717, 1.165) is 10.0 Å². The average molecular weight is 270 g/mol. The lowest BCUT2D eigenvalue weighted by molar-refractivity contribution is -0.137. The van der Waals surface area contributed by atoms with Gasteiger partial charge in [0, 0.05) is 16.2 Å². The Bertz CT molecular complexity index is 388. The molecular formula is C11H12BrNO2. The third-order valence-electron chi connectivity index (χ3n) is 1.73. The number of carbonyl (C=O) groups is 1. The smallest absolute Gasteiger partial charge is 0.330 e. The number of hydrogen-bond donors (Lipinski definition) is 1. The van der Waals surface area contributed by atoms with Gasteiger partial charge >= 0.3 is 5.97 Å². The lowest BCUT2D eigenvalue weighted by atomic mass is 10.2. The Morgan fingerprint density at radius 2 is 2.33 bits per heavy atom. The lowest BCUT2D eigenvalue weighted by Crippen LogP contribution is -1.99. The Morgan fingerprint density at radius 3 is 2.93 bits per heavy atom. The third kappa shape index (κ3) is 3.75. The maximum absolute atomic E-state index is 11.0. The van der Waals surface area contributed by atoms with E-state index in [4.69, 9.17) is 10.5 Å². The summed E-state index contributed by atoms with van der Waals surface area (Å²) in [5.41, 5.74) is 7.16. The summed E-state index contributed by atoms with van der Waals surface area (Å²) in [5.74, 6) is -0.361. The first kappa shape index (κ1) is 11.8. The van der Waals surface area contributed by atoms with Gasteiger partial charge in [0.1, 0.15) is 0 Å². The lowest BCUT2D eigenvalue weighted by Gasteiger charge is -2.00. The number of esters is 1. The van der Waals surface area contributed by atoms with Crippen molar-refractivity contribution in [1.29, 1.82) is 0 Å². The molecule has 3 nitrogen and oxygen atoms in total. The molecule has 0 atom stereocenters. The highest BCUT2D eigenvalue weighted by atomic mass is 79.9. The van der Waals surface area contributed by atoms with E-state index in [1.807, 2.05) is 12.1 Å². The van der Waals surface area contributed by atoms with Gasteiger partial charge < -0.3 is 10.5 Å². The van der Waals surface area contributed by atoms with Crippen molar-refractivity contribution in [2.24, 2.45) is 0 Å². The fraction of sp³-hybridized carbons (Fsp3) is 0.182. The molecule has 0 amide bonds. The van der Waals surface area contributed by atoms with Crippen LogP contribution < -0.4 is 5.73 Å². The summed E-state index contributed by atoms with van der Waals surface area (Å²) < 4.78 is 5.66. The number of ether oxygens (including phenoxy) is 1. The molecule has 0 aliphatic heterocycles. The highest BCUT2D eigenvalue weighted by Gasteiger charge is 1.98. The molecule has 4 heteroatoms. The summed E-state index contributed by atoms with van der Waals surface area (Å²) in [5, 5.41) is 0. The quantitative estimate of drug-likeness (QED) is 0.522. The highest BCUT2D eigenvalue weighted by molar-refractivity contribution is 9.10. The van der Waals surface area contributed by atoms with Crippen LogP contribution in [-0.4, -0.2) is 12.6 Å². The van der Waals surface area contributed by atoms with E-state index in [-0.39, 0.29) is 5.97 Å². The van der Waals surface area contributed by atoms with Crippen LogP contribution in [0.1, 0.15) is 12.5 Å². The Kier molecular flexibility index (Phi) is 4.37. The topological polar surface area (TPSA) is 52.3 Å². The molecule has 80 valence electrons. The molecule has 2 N–H and O–H groups in total. The molecule has 0 saturated heterocycles. The summed E-state index contributed by atoms with van der Waals surface area (Å²) in [6.45, 7) is 2.14. The van der Waals surface area contributed by atoms with Crippen LogP contribution in [0.4, 0.5) is 5.69 Å². The minimum absolute atomic E-state index is 0.361. The molecule has 0 aromatic heterocycles. The van der Waals surface area contributed by atoms with Crippen LogP contribution in [0.25, 0.3) is 6.08 Å². The molecule has 0 unspecified atom stereocenters. The van der Waals surface area contributed by atoms with Gasteiger partial charge in [-0.05, 0) is 30.7 Å². The standard InChI is InChI=1S/C11H12BrNO2/c1-2-15-11(14)6-4-8-3-5-9(12)7-10(8)13/h3-7H,2,13H2,1H3. The summed E-state index contributed by atoms with van der Waals surface area (Å²) in [7, 11) is 0. The maximum atomic E-state index is 11.0. The maximum Gasteiger partial charge on any atom is 0.330 e.